The SMILES string of the molecule is COC(=O)[C@H](C)N(C(=O)c1cc2ccccc2cc1N)c1ccccc1C. The van der Waals surface area contributed by atoms with Crippen molar-refractivity contribution in [1.82, 2.24) is 0 Å². The number of benzene rings is 3. The maximum absolute atomic E-state index is 13.5. The first kappa shape index (κ1) is 18.5. The van der Waals surface area contributed by atoms with E-state index < -0.39 is 12.0 Å². The number of hydrogen-bond acceptors (Lipinski definition) is 4. The maximum Gasteiger partial charge on any atom is 0.328 e. The quantitative estimate of drug-likeness (QED) is 0.564. The van der Waals surface area contributed by atoms with Gasteiger partial charge in [-0.3, -0.25) is 9.69 Å². The highest BCUT2D eigenvalue weighted by atomic mass is 16.5. The fourth-order valence-electron chi connectivity index (χ4n) is 3.18. The van der Waals surface area contributed by atoms with Crippen LogP contribution in [0, 0.1) is 6.92 Å². The molecule has 3 aromatic carbocycles. The van der Waals surface area contributed by atoms with Crippen molar-refractivity contribution in [1.29, 1.82) is 0 Å². The van der Waals surface area contributed by atoms with E-state index in [-0.39, 0.29) is 5.91 Å². The van der Waals surface area contributed by atoms with E-state index in [4.69, 9.17) is 10.5 Å². The Bertz CT molecular complexity index is 1010. The van der Waals surface area contributed by atoms with Crippen molar-refractivity contribution < 1.29 is 14.3 Å². The molecular formula is C22H22N2O3. The van der Waals surface area contributed by atoms with Crippen LogP contribution >= 0.6 is 0 Å². The number of carbonyl (C=O) groups is 2. The van der Waals surface area contributed by atoms with Crippen molar-refractivity contribution in [2.24, 2.45) is 0 Å². The number of esters is 1. The van der Waals surface area contributed by atoms with Crippen LogP contribution in [0.5, 0.6) is 0 Å². The molecule has 1 atom stereocenters. The summed E-state index contributed by atoms with van der Waals surface area (Å²) in [5.41, 5.74) is 8.43. The second-order valence-corrected chi connectivity index (χ2v) is 6.45. The van der Waals surface area contributed by atoms with Crippen molar-refractivity contribution in [3.63, 3.8) is 0 Å². The molecule has 0 spiro atoms. The summed E-state index contributed by atoms with van der Waals surface area (Å²) < 4.78 is 4.88. The Hall–Kier alpha value is -3.34. The predicted octanol–water partition coefficient (Wildman–Crippen LogP) is 3.94. The number of methoxy groups -OCH3 is 1. The molecule has 2 N–H and O–H groups in total. The lowest BCUT2D eigenvalue weighted by Gasteiger charge is -2.29. The number of aryl methyl sites for hydroxylation is 1. The van der Waals surface area contributed by atoms with Crippen molar-refractivity contribution in [3.8, 4) is 0 Å². The van der Waals surface area contributed by atoms with E-state index in [9.17, 15) is 9.59 Å². The molecule has 0 bridgehead atoms. The summed E-state index contributed by atoms with van der Waals surface area (Å²) in [7, 11) is 1.31. The molecule has 3 rings (SSSR count). The molecule has 0 fully saturated rings. The largest absolute Gasteiger partial charge is 0.467 e. The summed E-state index contributed by atoms with van der Waals surface area (Å²) in [6.07, 6.45) is 0. The average molecular weight is 362 g/mol. The third-order valence-electron chi connectivity index (χ3n) is 4.67. The number of nitrogen functional groups attached to an aromatic ring is 1. The van der Waals surface area contributed by atoms with Crippen LogP contribution < -0.4 is 10.6 Å². The Kier molecular flexibility index (Phi) is 5.12. The Morgan fingerprint density at radius 2 is 1.59 bits per heavy atom. The maximum atomic E-state index is 13.5. The average Bonchev–Trinajstić information content (AvgIpc) is 2.68. The standard InChI is InChI=1S/C22H22N2O3/c1-14-8-4-7-11-20(14)24(15(2)22(26)27-3)21(25)18-12-16-9-5-6-10-17(16)13-19(18)23/h4-13,15H,23H2,1-3H3/t15-/m0/s1. The number of hydrogen-bond donors (Lipinski definition) is 1. The van der Waals surface area contributed by atoms with Gasteiger partial charge in [-0.05, 0) is 48.4 Å². The first-order chi connectivity index (χ1) is 12.9. The van der Waals surface area contributed by atoms with E-state index in [1.54, 1.807) is 19.1 Å². The van der Waals surface area contributed by atoms with E-state index >= 15 is 0 Å². The van der Waals surface area contributed by atoms with Crippen LogP contribution in [0.1, 0.15) is 22.8 Å². The molecule has 0 aromatic heterocycles. The van der Waals surface area contributed by atoms with E-state index in [1.807, 2.05) is 55.5 Å². The highest BCUT2D eigenvalue weighted by Gasteiger charge is 2.31. The lowest BCUT2D eigenvalue weighted by Crippen LogP contribution is -2.44. The summed E-state index contributed by atoms with van der Waals surface area (Å²) in [4.78, 5) is 27.1. The van der Waals surface area contributed by atoms with Crippen LogP contribution in [-0.4, -0.2) is 25.0 Å². The smallest absolute Gasteiger partial charge is 0.328 e. The molecule has 0 radical (unpaired) electrons. The molecule has 0 aliphatic heterocycles. The number of carbonyl (C=O) groups excluding carboxylic acids is 2. The minimum absolute atomic E-state index is 0.342. The summed E-state index contributed by atoms with van der Waals surface area (Å²) in [5.74, 6) is -0.837. The van der Waals surface area contributed by atoms with Gasteiger partial charge in [-0.15, -0.1) is 0 Å². The highest BCUT2D eigenvalue weighted by Crippen LogP contribution is 2.28. The van der Waals surface area contributed by atoms with Gasteiger partial charge >= 0.3 is 5.97 Å². The topological polar surface area (TPSA) is 72.6 Å². The second-order valence-electron chi connectivity index (χ2n) is 6.45. The number of amides is 1. The Balaban J connectivity index is 2.15. The van der Waals surface area contributed by atoms with E-state index in [1.165, 1.54) is 12.0 Å². The Labute approximate surface area is 158 Å². The van der Waals surface area contributed by atoms with Gasteiger partial charge in [0.15, 0.2) is 0 Å². The van der Waals surface area contributed by atoms with Gasteiger partial charge in [0.1, 0.15) is 6.04 Å². The van der Waals surface area contributed by atoms with Crippen LogP contribution in [0.2, 0.25) is 0 Å². The molecule has 0 aliphatic rings. The fourth-order valence-corrected chi connectivity index (χ4v) is 3.18. The van der Waals surface area contributed by atoms with Gasteiger partial charge < -0.3 is 10.5 Å². The molecule has 0 unspecified atom stereocenters. The zero-order chi connectivity index (χ0) is 19.6. The molecule has 5 heteroatoms. The number of nitrogens with zero attached hydrogens (tertiary/aromatic N) is 1. The predicted molar refractivity (Wildman–Crippen MR) is 108 cm³/mol. The van der Waals surface area contributed by atoms with Crippen LogP contribution in [-0.2, 0) is 9.53 Å². The summed E-state index contributed by atoms with van der Waals surface area (Å²) >= 11 is 0. The van der Waals surface area contributed by atoms with Gasteiger partial charge in [0.05, 0.1) is 12.7 Å². The number of fused-ring (bicyclic) bond motifs is 1. The zero-order valence-corrected chi connectivity index (χ0v) is 15.6. The van der Waals surface area contributed by atoms with E-state index in [0.29, 0.717) is 16.9 Å². The third kappa shape index (κ3) is 3.49. The van der Waals surface area contributed by atoms with Gasteiger partial charge in [0, 0.05) is 11.4 Å². The Morgan fingerprint density at radius 3 is 2.22 bits per heavy atom. The second kappa shape index (κ2) is 7.50. The molecule has 138 valence electrons. The van der Waals surface area contributed by atoms with Crippen molar-refractivity contribution in [2.75, 3.05) is 17.7 Å². The Morgan fingerprint density at radius 1 is 1.00 bits per heavy atom. The molecule has 5 nitrogen and oxygen atoms in total. The van der Waals surface area contributed by atoms with E-state index in [0.717, 1.165) is 16.3 Å². The number of para-hydroxylation sites is 1. The number of ether oxygens (including phenoxy) is 1. The first-order valence-corrected chi connectivity index (χ1v) is 8.69. The van der Waals surface area contributed by atoms with Gasteiger partial charge in [0.25, 0.3) is 5.91 Å². The zero-order valence-electron chi connectivity index (χ0n) is 15.6. The number of anilines is 2. The molecule has 3 aromatic rings. The highest BCUT2D eigenvalue weighted by molar-refractivity contribution is 6.14. The lowest BCUT2D eigenvalue weighted by molar-refractivity contribution is -0.141. The third-order valence-corrected chi connectivity index (χ3v) is 4.67. The summed E-state index contributed by atoms with van der Waals surface area (Å²) in [6, 6.07) is 17.9. The summed E-state index contributed by atoms with van der Waals surface area (Å²) in [5, 5.41) is 1.86. The van der Waals surface area contributed by atoms with Crippen LogP contribution in [0.25, 0.3) is 10.8 Å². The van der Waals surface area contributed by atoms with Crippen LogP contribution in [0.3, 0.4) is 0 Å². The molecule has 1 amide bonds. The first-order valence-electron chi connectivity index (χ1n) is 8.69. The summed E-state index contributed by atoms with van der Waals surface area (Å²) in [6.45, 7) is 3.54. The van der Waals surface area contributed by atoms with Gasteiger partial charge in [-0.1, -0.05) is 42.5 Å². The van der Waals surface area contributed by atoms with Gasteiger partial charge in [0.2, 0.25) is 0 Å². The van der Waals surface area contributed by atoms with Crippen molar-refractivity contribution >= 4 is 34.0 Å². The van der Waals surface area contributed by atoms with Crippen LogP contribution in [0.4, 0.5) is 11.4 Å². The number of rotatable bonds is 4. The molecule has 0 heterocycles. The van der Waals surface area contributed by atoms with Crippen LogP contribution in [0.15, 0.2) is 60.7 Å². The van der Waals surface area contributed by atoms with Gasteiger partial charge in [-0.25, -0.2) is 4.79 Å². The molecule has 0 saturated carbocycles. The normalized spacial score (nSPS) is 11.8. The fraction of sp³-hybridized carbons (Fsp3) is 0.182. The lowest BCUT2D eigenvalue weighted by atomic mass is 10.0. The monoisotopic (exact) mass is 362 g/mol. The molecule has 0 aliphatic carbocycles. The minimum Gasteiger partial charge on any atom is -0.467 e. The minimum atomic E-state index is -0.797. The van der Waals surface area contributed by atoms with Crippen molar-refractivity contribution in [3.05, 3.63) is 71.8 Å². The molecule has 27 heavy (non-hydrogen) atoms. The van der Waals surface area contributed by atoms with Gasteiger partial charge in [-0.2, -0.15) is 0 Å². The molecule has 0 saturated heterocycles. The van der Waals surface area contributed by atoms with Crippen molar-refractivity contribution in [2.45, 2.75) is 19.9 Å². The number of nitrogens with two attached hydrogens (primary N) is 1. The molecular weight excluding hydrogens is 340 g/mol. The van der Waals surface area contributed by atoms with E-state index in [2.05, 4.69) is 0 Å².